The van der Waals surface area contributed by atoms with E-state index in [0.29, 0.717) is 49.1 Å². The predicted molar refractivity (Wildman–Crippen MR) is 309 cm³/mol. The van der Waals surface area contributed by atoms with Gasteiger partial charge in [0.2, 0.25) is 0 Å². The number of carbonyl (C=O) groups is 2. The maximum atomic E-state index is 11.5. The smallest absolute Gasteiger partial charge is 0.303 e. The summed E-state index contributed by atoms with van der Waals surface area (Å²) in [5, 5.41) is 18.8. The van der Waals surface area contributed by atoms with Crippen LogP contribution in [0, 0.1) is 22.7 Å². The molecule has 0 bridgehead atoms. The molecule has 12 rings (SSSR count). The summed E-state index contributed by atoms with van der Waals surface area (Å²) in [4.78, 5) is 22.9. The summed E-state index contributed by atoms with van der Waals surface area (Å²) in [6, 6.07) is 47.0. The zero-order valence-corrected chi connectivity index (χ0v) is 46.4. The topological polar surface area (TPSA) is 112 Å². The molecule has 0 unspecified atom stereocenters. The van der Waals surface area contributed by atoms with Crippen LogP contribution in [0.2, 0.25) is 0 Å². The Kier molecular flexibility index (Phi) is 15.8. The molecular weight excluding hydrogens is 969 g/mol. The van der Waals surface area contributed by atoms with Gasteiger partial charge in [0.15, 0.2) is 0 Å². The Labute approximate surface area is 462 Å². The van der Waals surface area contributed by atoms with E-state index in [9.17, 15) is 19.8 Å². The largest absolute Gasteiger partial charge is 0.490 e. The summed E-state index contributed by atoms with van der Waals surface area (Å²) in [5.41, 5.74) is 12.8. The van der Waals surface area contributed by atoms with E-state index >= 15 is 0 Å². The molecule has 0 amide bonds. The van der Waals surface area contributed by atoms with Crippen LogP contribution in [-0.4, -0.2) is 34.4 Å². The Morgan fingerprint density at radius 1 is 0.474 bits per heavy atom. The molecule has 0 aliphatic heterocycles. The maximum Gasteiger partial charge on any atom is 0.303 e. The molecule has 0 aromatic heterocycles. The summed E-state index contributed by atoms with van der Waals surface area (Å²) in [6.45, 7) is 10.6. The number of aliphatic carboxylic acids is 2. The highest BCUT2D eigenvalue weighted by Gasteiger charge is 2.39. The zero-order valence-electron chi connectivity index (χ0n) is 46.4. The Bertz CT molecular complexity index is 2870. The van der Waals surface area contributed by atoms with Crippen molar-refractivity contribution in [2.75, 3.05) is 0 Å². The van der Waals surface area contributed by atoms with Crippen LogP contribution >= 0.6 is 0 Å². The zero-order chi connectivity index (χ0) is 54.0. The van der Waals surface area contributed by atoms with Crippen molar-refractivity contribution in [3.8, 4) is 45.3 Å². The number of benzene rings is 6. The summed E-state index contributed by atoms with van der Waals surface area (Å²) in [5.74, 6) is 4.18. The van der Waals surface area contributed by atoms with Gasteiger partial charge in [0.1, 0.15) is 36.2 Å². The lowest BCUT2D eigenvalue weighted by Gasteiger charge is -2.30. The molecule has 4 atom stereocenters. The minimum absolute atomic E-state index is 0.0705. The van der Waals surface area contributed by atoms with Gasteiger partial charge in [-0.25, -0.2) is 0 Å². The summed E-state index contributed by atoms with van der Waals surface area (Å²) in [7, 11) is 0. The fraction of sp³-hybridized carbons (Fsp3) is 0.457. The fourth-order valence-electron chi connectivity index (χ4n) is 13.0. The predicted octanol–water partition coefficient (Wildman–Crippen LogP) is 17.5. The van der Waals surface area contributed by atoms with Gasteiger partial charge in [0.05, 0.1) is 25.0 Å². The van der Waals surface area contributed by atoms with Gasteiger partial charge in [-0.3, -0.25) is 9.59 Å². The molecule has 408 valence electrons. The minimum Gasteiger partial charge on any atom is -0.490 e. The molecule has 6 saturated carbocycles. The fourth-order valence-corrected chi connectivity index (χ4v) is 13.0. The van der Waals surface area contributed by atoms with E-state index in [-0.39, 0.29) is 35.5 Å². The van der Waals surface area contributed by atoms with E-state index in [4.69, 9.17) is 18.9 Å². The van der Waals surface area contributed by atoms with Gasteiger partial charge in [-0.2, -0.15) is 0 Å². The van der Waals surface area contributed by atoms with E-state index in [1.807, 2.05) is 36.4 Å². The second-order valence-corrected chi connectivity index (χ2v) is 25.2. The monoisotopic (exact) mass is 1050 g/mol. The number of hydrogen-bond donors (Lipinski definition) is 2. The van der Waals surface area contributed by atoms with Crippen LogP contribution in [0.25, 0.3) is 22.3 Å². The van der Waals surface area contributed by atoms with Gasteiger partial charge in [-0.1, -0.05) is 125 Å². The van der Waals surface area contributed by atoms with E-state index in [2.05, 4.69) is 125 Å². The third-order valence-electron chi connectivity index (χ3n) is 18.0. The highest BCUT2D eigenvalue weighted by atomic mass is 16.5. The molecule has 6 fully saturated rings. The van der Waals surface area contributed by atoms with E-state index < -0.39 is 11.9 Å². The minimum atomic E-state index is -0.731. The molecule has 0 heterocycles. The van der Waals surface area contributed by atoms with Gasteiger partial charge < -0.3 is 29.2 Å². The lowest BCUT2D eigenvalue weighted by molar-refractivity contribution is -0.138. The van der Waals surface area contributed by atoms with Crippen LogP contribution in [0.15, 0.2) is 133 Å². The summed E-state index contributed by atoms with van der Waals surface area (Å²) >= 11 is 0. The highest BCUT2D eigenvalue weighted by molar-refractivity contribution is 5.72. The first-order valence-electron chi connectivity index (χ1n) is 29.4. The van der Waals surface area contributed by atoms with Crippen molar-refractivity contribution < 1.29 is 38.7 Å². The molecule has 6 aromatic carbocycles. The number of hydrogen-bond acceptors (Lipinski definition) is 6. The van der Waals surface area contributed by atoms with Gasteiger partial charge in [0.25, 0.3) is 0 Å². The van der Waals surface area contributed by atoms with Crippen molar-refractivity contribution in [1.29, 1.82) is 0 Å². The molecule has 0 radical (unpaired) electrons. The van der Waals surface area contributed by atoms with Gasteiger partial charge >= 0.3 is 11.9 Å². The third kappa shape index (κ3) is 13.5. The quantitative estimate of drug-likeness (QED) is 0.0692. The van der Waals surface area contributed by atoms with E-state index in [1.54, 1.807) is 0 Å². The van der Waals surface area contributed by atoms with Crippen LogP contribution in [0.4, 0.5) is 0 Å². The molecule has 0 saturated heterocycles. The molecule has 8 nitrogen and oxygen atoms in total. The van der Waals surface area contributed by atoms with Crippen molar-refractivity contribution in [2.24, 2.45) is 22.7 Å². The first-order valence-corrected chi connectivity index (χ1v) is 29.4. The van der Waals surface area contributed by atoms with Crippen LogP contribution in [0.3, 0.4) is 0 Å². The molecule has 0 spiro atoms. The van der Waals surface area contributed by atoms with Gasteiger partial charge in [0, 0.05) is 0 Å². The Morgan fingerprint density at radius 2 is 0.872 bits per heavy atom. The normalized spacial score (nSPS) is 20.9. The van der Waals surface area contributed by atoms with Gasteiger partial charge in [-0.15, -0.1) is 0 Å². The number of rotatable bonds is 22. The molecule has 2 N–H and O–H groups in total. The number of ether oxygens (including phenoxy) is 4. The number of carboxylic acids is 2. The SMILES string of the molecule is CC1(C)CCC[C@@H]1c1cc(COc2cccc([C@H](CC(=O)O)C3CC3)c2)ccc1-c1cccc(OC2CC2)c1.CC1(C)CCC[C@H]1c1cc(COc2cccc([C@H](CC(=O)O)C3CC3)c2)ccc1-c1cccc(OC2CC2)c1. The van der Waals surface area contributed by atoms with Crippen LogP contribution < -0.4 is 18.9 Å². The third-order valence-corrected chi connectivity index (χ3v) is 18.0. The molecule has 8 heteroatoms. The average Bonchev–Trinajstić information content (AvgIpc) is 4.29. The Balaban J connectivity index is 0.000000165. The number of carboxylic acid groups (broad SMARTS) is 2. The van der Waals surface area contributed by atoms with Crippen molar-refractivity contribution in [1.82, 2.24) is 0 Å². The average molecular weight is 1050 g/mol. The summed E-state index contributed by atoms with van der Waals surface area (Å²) in [6.07, 6.45) is 17.6. The first kappa shape index (κ1) is 53.5. The van der Waals surface area contributed by atoms with Crippen molar-refractivity contribution in [2.45, 2.75) is 180 Å². The Morgan fingerprint density at radius 3 is 1.23 bits per heavy atom. The second-order valence-electron chi connectivity index (χ2n) is 25.2. The van der Waals surface area contributed by atoms with Crippen molar-refractivity contribution in [3.05, 3.63) is 167 Å². The molecule has 6 aromatic rings. The Hall–Kier alpha value is -6.54. The standard InChI is InChI=1S/2C35H40O4/c2*1-35(2)17-5-10-33(35)32-18-23(11-16-30(32)25-6-4-9-29(20-25)39-27-14-15-27)22-38-28-8-3-7-26(19-28)31(21-34(36)37)24-12-13-24/h2*3-4,6-9,11,16,18-20,24,27,31,33H,5,10,12-15,17,21-22H2,1-2H3,(H,36,37)/t31-,33+;31-,33-/m11/s1. The summed E-state index contributed by atoms with van der Waals surface area (Å²) < 4.78 is 24.8. The maximum absolute atomic E-state index is 11.5. The van der Waals surface area contributed by atoms with Crippen molar-refractivity contribution >= 4 is 11.9 Å². The van der Waals surface area contributed by atoms with Crippen LogP contribution in [0.5, 0.6) is 23.0 Å². The lowest BCUT2D eigenvalue weighted by Crippen LogP contribution is -2.16. The van der Waals surface area contributed by atoms with Crippen LogP contribution in [0.1, 0.15) is 187 Å². The molecule has 6 aliphatic carbocycles. The van der Waals surface area contributed by atoms with Gasteiger partial charge in [-0.05, 0) is 228 Å². The second kappa shape index (κ2) is 23.0. The van der Waals surface area contributed by atoms with Crippen molar-refractivity contribution in [3.63, 3.8) is 0 Å². The molecular formula is C70H80O8. The van der Waals surface area contributed by atoms with E-state index in [1.165, 1.54) is 71.9 Å². The molecule has 78 heavy (non-hydrogen) atoms. The molecule has 6 aliphatic rings. The highest BCUT2D eigenvalue weighted by Crippen LogP contribution is 2.53. The lowest BCUT2D eigenvalue weighted by atomic mass is 9.75. The van der Waals surface area contributed by atoms with E-state index in [0.717, 1.165) is 96.6 Å². The first-order chi connectivity index (χ1) is 37.7. The van der Waals surface area contributed by atoms with Crippen LogP contribution in [-0.2, 0) is 22.8 Å².